The summed E-state index contributed by atoms with van der Waals surface area (Å²) in [6, 6.07) is 16.9. The minimum Gasteiger partial charge on any atom is -0.345 e. The molecule has 2 aromatic carbocycles. The Morgan fingerprint density at radius 1 is 1.04 bits per heavy atom. The first-order valence-corrected chi connectivity index (χ1v) is 10.0. The van der Waals surface area contributed by atoms with E-state index in [1.165, 1.54) is 0 Å². The highest BCUT2D eigenvalue weighted by atomic mass is 16.2. The van der Waals surface area contributed by atoms with Crippen LogP contribution in [0.4, 0.5) is 0 Å². The molecule has 2 fully saturated rings. The Balaban J connectivity index is 1.47. The number of nitrogens with zero attached hydrogens (tertiary/aromatic N) is 1. The molecule has 0 saturated carbocycles. The number of carbonyl (C=O) groups excluding carboxylic acids is 2. The summed E-state index contributed by atoms with van der Waals surface area (Å²) in [4.78, 5) is 27.7. The van der Waals surface area contributed by atoms with Crippen molar-refractivity contribution in [3.05, 3.63) is 71.3 Å². The topological polar surface area (TPSA) is 61.4 Å². The molecule has 2 aliphatic heterocycles. The van der Waals surface area contributed by atoms with E-state index < -0.39 is 0 Å². The van der Waals surface area contributed by atoms with Crippen LogP contribution in [0.5, 0.6) is 0 Å². The van der Waals surface area contributed by atoms with Gasteiger partial charge in [0.15, 0.2) is 0 Å². The smallest absolute Gasteiger partial charge is 0.251 e. The van der Waals surface area contributed by atoms with Crippen molar-refractivity contribution in [3.63, 3.8) is 0 Å². The molecule has 0 bridgehead atoms. The van der Waals surface area contributed by atoms with E-state index in [-0.39, 0.29) is 24.3 Å². The number of fused-ring (bicyclic) bond motifs is 1. The maximum absolute atomic E-state index is 13.0. The van der Waals surface area contributed by atoms with E-state index in [0.29, 0.717) is 17.4 Å². The number of benzene rings is 2. The fraction of sp³-hybridized carbons (Fsp3) is 0.391. The molecule has 2 saturated heterocycles. The molecule has 0 spiro atoms. The van der Waals surface area contributed by atoms with E-state index >= 15 is 0 Å². The van der Waals surface area contributed by atoms with E-state index in [1.54, 1.807) is 0 Å². The number of hydrogen-bond acceptors (Lipinski definition) is 3. The maximum atomic E-state index is 13.0. The van der Waals surface area contributed by atoms with Crippen LogP contribution < -0.4 is 10.6 Å². The fourth-order valence-electron chi connectivity index (χ4n) is 4.25. The molecular formula is C23H27N3O2. The van der Waals surface area contributed by atoms with Crippen LogP contribution in [0.2, 0.25) is 0 Å². The van der Waals surface area contributed by atoms with Gasteiger partial charge in [-0.1, -0.05) is 48.0 Å². The summed E-state index contributed by atoms with van der Waals surface area (Å²) < 4.78 is 0. The SMILES string of the molecule is Cc1ccc(C(=O)NC(CC(=O)N2C[C@H]3CNC[C@H]3C2)c2ccccc2)cc1. The predicted molar refractivity (Wildman–Crippen MR) is 109 cm³/mol. The summed E-state index contributed by atoms with van der Waals surface area (Å²) in [6.07, 6.45) is 0.286. The third-order valence-electron chi connectivity index (χ3n) is 5.94. The van der Waals surface area contributed by atoms with Gasteiger partial charge in [-0.15, -0.1) is 0 Å². The Morgan fingerprint density at radius 3 is 2.32 bits per heavy atom. The molecule has 2 amide bonds. The first kappa shape index (κ1) is 18.7. The van der Waals surface area contributed by atoms with Gasteiger partial charge in [0.1, 0.15) is 0 Å². The Kier molecular flexibility index (Phi) is 5.44. The van der Waals surface area contributed by atoms with Crippen LogP contribution in [0.25, 0.3) is 0 Å². The number of likely N-dealkylation sites (tertiary alicyclic amines) is 1. The van der Waals surface area contributed by atoms with Crippen LogP contribution in [0.15, 0.2) is 54.6 Å². The summed E-state index contributed by atoms with van der Waals surface area (Å²) in [5, 5.41) is 6.48. The molecule has 28 heavy (non-hydrogen) atoms. The first-order valence-electron chi connectivity index (χ1n) is 10.0. The quantitative estimate of drug-likeness (QED) is 0.842. The standard InChI is InChI=1S/C23H27N3O2/c1-16-7-9-18(10-8-16)23(28)25-21(17-5-3-2-4-6-17)11-22(27)26-14-19-12-24-13-20(19)15-26/h2-10,19-21,24H,11-15H2,1H3,(H,25,28)/t19-,20+,21?. The van der Waals surface area contributed by atoms with Gasteiger partial charge in [0, 0.05) is 31.7 Å². The summed E-state index contributed by atoms with van der Waals surface area (Å²) in [7, 11) is 0. The number of rotatable bonds is 5. The highest BCUT2D eigenvalue weighted by Crippen LogP contribution is 2.28. The molecule has 4 rings (SSSR count). The van der Waals surface area contributed by atoms with Crippen LogP contribution in [0.1, 0.15) is 33.9 Å². The van der Waals surface area contributed by atoms with Crippen molar-refractivity contribution >= 4 is 11.8 Å². The van der Waals surface area contributed by atoms with Crippen LogP contribution in [0, 0.1) is 18.8 Å². The van der Waals surface area contributed by atoms with Crippen LogP contribution in [-0.4, -0.2) is 42.9 Å². The minimum absolute atomic E-state index is 0.118. The lowest BCUT2D eigenvalue weighted by molar-refractivity contribution is -0.131. The highest BCUT2D eigenvalue weighted by Gasteiger charge is 2.38. The Labute approximate surface area is 166 Å². The first-order chi connectivity index (χ1) is 13.6. The average molecular weight is 377 g/mol. The molecule has 5 nitrogen and oxygen atoms in total. The number of hydrogen-bond donors (Lipinski definition) is 2. The van der Waals surface area contributed by atoms with E-state index in [2.05, 4.69) is 10.6 Å². The van der Waals surface area contributed by atoms with Crippen molar-refractivity contribution in [2.45, 2.75) is 19.4 Å². The normalized spacial score (nSPS) is 22.0. The lowest BCUT2D eigenvalue weighted by Crippen LogP contribution is -2.36. The molecule has 2 heterocycles. The van der Waals surface area contributed by atoms with Crippen LogP contribution in [-0.2, 0) is 4.79 Å². The molecule has 1 unspecified atom stereocenters. The van der Waals surface area contributed by atoms with E-state index in [0.717, 1.165) is 37.3 Å². The molecule has 3 atom stereocenters. The van der Waals surface area contributed by atoms with Crippen molar-refractivity contribution in [1.29, 1.82) is 0 Å². The van der Waals surface area contributed by atoms with Gasteiger partial charge in [-0.2, -0.15) is 0 Å². The van der Waals surface area contributed by atoms with E-state index in [4.69, 9.17) is 0 Å². The van der Waals surface area contributed by atoms with Crippen molar-refractivity contribution < 1.29 is 9.59 Å². The highest BCUT2D eigenvalue weighted by molar-refractivity contribution is 5.94. The molecule has 0 radical (unpaired) electrons. The lowest BCUT2D eigenvalue weighted by atomic mass is 10.0. The number of carbonyl (C=O) groups is 2. The van der Waals surface area contributed by atoms with E-state index in [1.807, 2.05) is 66.4 Å². The van der Waals surface area contributed by atoms with Crippen LogP contribution in [0.3, 0.4) is 0 Å². The summed E-state index contributed by atoms with van der Waals surface area (Å²) >= 11 is 0. The molecule has 5 heteroatoms. The van der Waals surface area contributed by atoms with Gasteiger partial charge in [-0.25, -0.2) is 0 Å². The monoisotopic (exact) mass is 377 g/mol. The van der Waals surface area contributed by atoms with Crippen molar-refractivity contribution in [2.75, 3.05) is 26.2 Å². The molecular weight excluding hydrogens is 350 g/mol. The summed E-state index contributed by atoms with van der Waals surface area (Å²) in [5.74, 6) is 1.11. The van der Waals surface area contributed by atoms with Gasteiger partial charge in [-0.05, 0) is 36.5 Å². The zero-order valence-electron chi connectivity index (χ0n) is 16.2. The van der Waals surface area contributed by atoms with Gasteiger partial charge < -0.3 is 15.5 Å². The molecule has 146 valence electrons. The second-order valence-electron chi connectivity index (χ2n) is 7.98. The van der Waals surface area contributed by atoms with E-state index in [9.17, 15) is 9.59 Å². The Hall–Kier alpha value is -2.66. The van der Waals surface area contributed by atoms with Crippen molar-refractivity contribution in [2.24, 2.45) is 11.8 Å². The van der Waals surface area contributed by atoms with Crippen LogP contribution >= 0.6 is 0 Å². The third-order valence-corrected chi connectivity index (χ3v) is 5.94. The predicted octanol–water partition coefficient (Wildman–Crippen LogP) is 2.53. The molecule has 2 aliphatic rings. The third kappa shape index (κ3) is 4.09. The average Bonchev–Trinajstić information content (AvgIpc) is 3.31. The van der Waals surface area contributed by atoms with Crippen molar-refractivity contribution in [3.8, 4) is 0 Å². The molecule has 0 aliphatic carbocycles. The van der Waals surface area contributed by atoms with Crippen molar-refractivity contribution in [1.82, 2.24) is 15.5 Å². The molecule has 2 N–H and O–H groups in total. The summed E-state index contributed by atoms with van der Waals surface area (Å²) in [6.45, 7) is 5.64. The van der Waals surface area contributed by atoms with Gasteiger partial charge in [0.25, 0.3) is 5.91 Å². The number of aryl methyl sites for hydroxylation is 1. The van der Waals surface area contributed by atoms with Gasteiger partial charge in [0.2, 0.25) is 5.91 Å². The zero-order valence-corrected chi connectivity index (χ0v) is 16.2. The Morgan fingerprint density at radius 2 is 1.68 bits per heavy atom. The number of amides is 2. The fourth-order valence-corrected chi connectivity index (χ4v) is 4.25. The largest absolute Gasteiger partial charge is 0.345 e. The molecule has 2 aromatic rings. The second kappa shape index (κ2) is 8.15. The Bertz CT molecular complexity index is 823. The second-order valence-corrected chi connectivity index (χ2v) is 7.98. The van der Waals surface area contributed by atoms with Gasteiger partial charge >= 0.3 is 0 Å². The number of nitrogens with one attached hydrogen (secondary N) is 2. The maximum Gasteiger partial charge on any atom is 0.251 e. The minimum atomic E-state index is -0.332. The van der Waals surface area contributed by atoms with Gasteiger partial charge in [0.05, 0.1) is 12.5 Å². The zero-order chi connectivity index (χ0) is 19.5. The summed E-state index contributed by atoms with van der Waals surface area (Å²) in [5.41, 5.74) is 2.68. The molecule has 0 aromatic heterocycles. The van der Waals surface area contributed by atoms with Gasteiger partial charge in [-0.3, -0.25) is 9.59 Å². The lowest BCUT2D eigenvalue weighted by Gasteiger charge is -2.23.